The van der Waals surface area contributed by atoms with Gasteiger partial charge in [0, 0.05) is 11.8 Å². The fourth-order valence-corrected chi connectivity index (χ4v) is 3.80. The number of hydrogen-bond acceptors (Lipinski definition) is 4. The van der Waals surface area contributed by atoms with Gasteiger partial charge in [0.25, 0.3) is 10.0 Å². The molecule has 0 unspecified atom stereocenters. The molecule has 5 nitrogen and oxygen atoms in total. The summed E-state index contributed by atoms with van der Waals surface area (Å²) in [6.07, 6.45) is 0. The van der Waals surface area contributed by atoms with E-state index in [9.17, 15) is 22.0 Å². The van der Waals surface area contributed by atoms with Gasteiger partial charge in [-0.1, -0.05) is 11.3 Å². The van der Waals surface area contributed by atoms with Gasteiger partial charge in [0.2, 0.25) is 0 Å². The molecular weight excluding hydrogens is 298 g/mol. The molecular formula is C10H8F2N2O3S2. The number of aryl methyl sites for hydroxylation is 1. The van der Waals surface area contributed by atoms with Crippen molar-refractivity contribution in [2.24, 2.45) is 0 Å². The van der Waals surface area contributed by atoms with E-state index >= 15 is 0 Å². The number of aromatic amines is 1. The maximum absolute atomic E-state index is 13.0. The summed E-state index contributed by atoms with van der Waals surface area (Å²) in [5.41, 5.74) is -0.0860. The Kier molecular flexibility index (Phi) is 3.42. The first-order valence-electron chi connectivity index (χ1n) is 4.96. The zero-order chi connectivity index (χ0) is 14.2. The number of sulfonamides is 1. The lowest BCUT2D eigenvalue weighted by Gasteiger charge is -2.07. The third-order valence-corrected chi connectivity index (χ3v) is 5.13. The summed E-state index contributed by atoms with van der Waals surface area (Å²) in [6.45, 7) is 1.42. The van der Waals surface area contributed by atoms with Crippen LogP contribution in [0.2, 0.25) is 0 Å². The fraction of sp³-hybridized carbons (Fsp3) is 0.100. The topological polar surface area (TPSA) is 79.0 Å². The SMILES string of the molecule is Cc1[nH]c(=O)sc1S(=O)(=O)Nc1cc(F)cc(F)c1. The molecule has 2 rings (SSSR count). The van der Waals surface area contributed by atoms with Crippen LogP contribution in [0.25, 0.3) is 0 Å². The first-order chi connectivity index (χ1) is 8.78. The quantitative estimate of drug-likeness (QED) is 0.908. The van der Waals surface area contributed by atoms with E-state index in [-0.39, 0.29) is 15.6 Å². The van der Waals surface area contributed by atoms with Crippen molar-refractivity contribution in [1.82, 2.24) is 4.98 Å². The Labute approximate surface area is 111 Å². The highest BCUT2D eigenvalue weighted by molar-refractivity contribution is 7.94. The molecule has 0 amide bonds. The van der Waals surface area contributed by atoms with Crippen molar-refractivity contribution in [3.8, 4) is 0 Å². The van der Waals surface area contributed by atoms with Crippen LogP contribution >= 0.6 is 11.3 Å². The fourth-order valence-electron chi connectivity index (χ4n) is 1.46. The molecule has 0 aliphatic heterocycles. The molecule has 1 aromatic carbocycles. The predicted octanol–water partition coefficient (Wildman–Crippen LogP) is 1.82. The molecule has 0 saturated carbocycles. The van der Waals surface area contributed by atoms with Gasteiger partial charge in [0.1, 0.15) is 11.6 Å². The van der Waals surface area contributed by atoms with Crippen molar-refractivity contribution in [2.45, 2.75) is 11.1 Å². The lowest BCUT2D eigenvalue weighted by molar-refractivity contribution is 0.584. The summed E-state index contributed by atoms with van der Waals surface area (Å²) in [5, 5.41) is 0. The van der Waals surface area contributed by atoms with Crippen molar-refractivity contribution in [1.29, 1.82) is 0 Å². The Balaban J connectivity index is 2.42. The maximum atomic E-state index is 13.0. The second-order valence-electron chi connectivity index (χ2n) is 3.69. The van der Waals surface area contributed by atoms with Crippen molar-refractivity contribution in [2.75, 3.05) is 4.72 Å². The number of aromatic nitrogens is 1. The molecule has 1 aromatic heterocycles. The van der Waals surface area contributed by atoms with Crippen LogP contribution in [0.3, 0.4) is 0 Å². The monoisotopic (exact) mass is 306 g/mol. The van der Waals surface area contributed by atoms with E-state index in [1.165, 1.54) is 6.92 Å². The molecule has 0 radical (unpaired) electrons. The van der Waals surface area contributed by atoms with Crippen LogP contribution < -0.4 is 9.60 Å². The molecule has 0 saturated heterocycles. The van der Waals surface area contributed by atoms with Crippen LogP contribution in [-0.2, 0) is 10.0 Å². The largest absolute Gasteiger partial charge is 0.315 e. The molecule has 1 heterocycles. The molecule has 19 heavy (non-hydrogen) atoms. The van der Waals surface area contributed by atoms with E-state index < -0.39 is 26.5 Å². The maximum Gasteiger partial charge on any atom is 0.306 e. The van der Waals surface area contributed by atoms with Gasteiger partial charge in [-0.25, -0.2) is 17.2 Å². The number of hydrogen-bond donors (Lipinski definition) is 2. The average molecular weight is 306 g/mol. The first kappa shape index (κ1) is 13.7. The molecule has 102 valence electrons. The van der Waals surface area contributed by atoms with Crippen LogP contribution in [0, 0.1) is 18.6 Å². The van der Waals surface area contributed by atoms with Gasteiger partial charge >= 0.3 is 4.87 Å². The second kappa shape index (κ2) is 4.74. The van der Waals surface area contributed by atoms with Gasteiger partial charge in [-0.05, 0) is 19.1 Å². The van der Waals surface area contributed by atoms with Crippen LogP contribution in [0.5, 0.6) is 0 Å². The summed E-state index contributed by atoms with van der Waals surface area (Å²) < 4.78 is 51.6. The summed E-state index contributed by atoms with van der Waals surface area (Å²) in [6, 6.07) is 2.30. The number of nitrogens with one attached hydrogen (secondary N) is 2. The first-order valence-corrected chi connectivity index (χ1v) is 7.26. The Morgan fingerprint density at radius 3 is 2.26 bits per heavy atom. The number of H-pyrrole nitrogens is 1. The molecule has 9 heteroatoms. The number of rotatable bonds is 3. The van der Waals surface area contributed by atoms with Crippen LogP contribution in [-0.4, -0.2) is 13.4 Å². The van der Waals surface area contributed by atoms with Gasteiger partial charge in [-0.3, -0.25) is 9.52 Å². The Morgan fingerprint density at radius 2 is 1.79 bits per heavy atom. The Morgan fingerprint density at radius 1 is 1.21 bits per heavy atom. The highest BCUT2D eigenvalue weighted by Crippen LogP contribution is 2.21. The van der Waals surface area contributed by atoms with E-state index in [0.717, 1.165) is 12.1 Å². The highest BCUT2D eigenvalue weighted by atomic mass is 32.2. The molecule has 2 N–H and O–H groups in total. The zero-order valence-corrected chi connectivity index (χ0v) is 11.2. The summed E-state index contributed by atoms with van der Waals surface area (Å²) >= 11 is 0.500. The standard InChI is InChI=1S/C10H8F2N2O3S2/c1-5-9(18-10(15)13-5)19(16,17)14-8-3-6(11)2-7(12)4-8/h2-4,14H,1H3,(H,13,15). The minimum Gasteiger partial charge on any atom is -0.315 e. The van der Waals surface area contributed by atoms with Crippen LogP contribution in [0.15, 0.2) is 27.2 Å². The summed E-state index contributed by atoms with van der Waals surface area (Å²) in [7, 11) is -4.05. The molecule has 0 spiro atoms. The second-order valence-corrected chi connectivity index (χ2v) is 6.55. The third kappa shape index (κ3) is 2.99. The molecule has 0 bridgehead atoms. The van der Waals surface area contributed by atoms with Crippen LogP contribution in [0.1, 0.15) is 5.69 Å². The van der Waals surface area contributed by atoms with E-state index in [4.69, 9.17) is 0 Å². The van der Waals surface area contributed by atoms with Crippen molar-refractivity contribution < 1.29 is 17.2 Å². The molecule has 0 aliphatic rings. The highest BCUT2D eigenvalue weighted by Gasteiger charge is 2.21. The Hall–Kier alpha value is -1.74. The van der Waals surface area contributed by atoms with E-state index in [0.29, 0.717) is 17.4 Å². The lowest BCUT2D eigenvalue weighted by atomic mass is 10.3. The molecule has 0 atom stereocenters. The number of anilines is 1. The van der Waals surface area contributed by atoms with Gasteiger partial charge in [0.15, 0.2) is 4.21 Å². The molecule has 0 fully saturated rings. The smallest absolute Gasteiger partial charge is 0.306 e. The van der Waals surface area contributed by atoms with Gasteiger partial charge < -0.3 is 4.98 Å². The van der Waals surface area contributed by atoms with E-state index in [1.54, 1.807) is 0 Å². The third-order valence-electron chi connectivity index (χ3n) is 2.14. The Bertz CT molecular complexity index is 760. The minimum atomic E-state index is -4.05. The zero-order valence-electron chi connectivity index (χ0n) is 9.53. The average Bonchev–Trinajstić information content (AvgIpc) is 2.56. The van der Waals surface area contributed by atoms with Crippen molar-refractivity contribution >= 4 is 27.0 Å². The minimum absolute atomic E-state index is 0.166. The van der Waals surface area contributed by atoms with Gasteiger partial charge in [0.05, 0.1) is 5.69 Å². The van der Waals surface area contributed by atoms with Crippen molar-refractivity contribution in [3.05, 3.63) is 45.2 Å². The van der Waals surface area contributed by atoms with E-state index in [2.05, 4.69) is 4.98 Å². The van der Waals surface area contributed by atoms with E-state index in [1.807, 2.05) is 4.72 Å². The predicted molar refractivity (Wildman–Crippen MR) is 66.8 cm³/mol. The number of halogens is 2. The molecule has 2 aromatic rings. The van der Waals surface area contributed by atoms with Gasteiger partial charge in [-0.15, -0.1) is 0 Å². The van der Waals surface area contributed by atoms with Crippen molar-refractivity contribution in [3.63, 3.8) is 0 Å². The normalized spacial score (nSPS) is 11.5. The number of thiazole rings is 1. The van der Waals surface area contributed by atoms with Crippen LogP contribution in [0.4, 0.5) is 14.5 Å². The van der Waals surface area contributed by atoms with Gasteiger partial charge in [-0.2, -0.15) is 0 Å². The summed E-state index contributed by atoms with van der Waals surface area (Å²) in [5.74, 6) is -1.81. The summed E-state index contributed by atoms with van der Waals surface area (Å²) in [4.78, 5) is 12.9. The molecule has 0 aliphatic carbocycles. The lowest BCUT2D eigenvalue weighted by Crippen LogP contribution is -2.13. The number of benzene rings is 1.